The second-order valence-corrected chi connectivity index (χ2v) is 6.36. The number of hydrogen-bond donors (Lipinski definition) is 1. The van der Waals surface area contributed by atoms with Gasteiger partial charge in [-0.25, -0.2) is 0 Å². The molecule has 0 aliphatic carbocycles. The van der Waals surface area contributed by atoms with Crippen molar-refractivity contribution in [2.45, 2.75) is 6.42 Å². The van der Waals surface area contributed by atoms with Gasteiger partial charge >= 0.3 is 7.60 Å². The summed E-state index contributed by atoms with van der Waals surface area (Å²) in [4.78, 5) is 10.2. The van der Waals surface area contributed by atoms with Crippen molar-refractivity contribution in [3.63, 3.8) is 0 Å². The van der Waals surface area contributed by atoms with E-state index in [0.29, 0.717) is 24.5 Å². The molecule has 0 amide bonds. The van der Waals surface area contributed by atoms with Gasteiger partial charge in [0.2, 0.25) is 0 Å². The van der Waals surface area contributed by atoms with Crippen LogP contribution in [0.5, 0.6) is 11.5 Å². The molecule has 0 aromatic heterocycles. The standard InChI is InChI=1S/C16H19O5P/c1-19-12-7-13-20-22(17,18)16-11-6-5-10-15(16)21-14-8-3-2-4-9-14/h2-6,8-11H,7,12-13H2,1H3,(H,17,18). The van der Waals surface area contributed by atoms with E-state index in [9.17, 15) is 9.46 Å². The van der Waals surface area contributed by atoms with Crippen LogP contribution in [0.2, 0.25) is 0 Å². The molecule has 1 N–H and O–H groups in total. The molecule has 5 nitrogen and oxygen atoms in total. The lowest BCUT2D eigenvalue weighted by atomic mass is 10.3. The maximum Gasteiger partial charge on any atom is 0.362 e. The minimum Gasteiger partial charge on any atom is -0.456 e. The molecule has 0 aliphatic heterocycles. The molecule has 0 heterocycles. The maximum absolute atomic E-state index is 12.4. The Bertz CT molecular complexity index is 629. The van der Waals surface area contributed by atoms with Crippen LogP contribution in [0.1, 0.15) is 6.42 Å². The van der Waals surface area contributed by atoms with E-state index in [1.165, 1.54) is 6.07 Å². The van der Waals surface area contributed by atoms with Crippen LogP contribution < -0.4 is 10.0 Å². The van der Waals surface area contributed by atoms with Gasteiger partial charge in [0.15, 0.2) is 0 Å². The van der Waals surface area contributed by atoms with Crippen LogP contribution in [-0.2, 0) is 13.8 Å². The first-order chi connectivity index (χ1) is 10.6. The summed E-state index contributed by atoms with van der Waals surface area (Å²) < 4.78 is 28.1. The molecule has 2 rings (SSSR count). The Kier molecular flexibility index (Phi) is 6.16. The van der Waals surface area contributed by atoms with E-state index in [0.717, 1.165) is 0 Å². The Balaban J connectivity index is 2.15. The van der Waals surface area contributed by atoms with Gasteiger partial charge in [-0.1, -0.05) is 30.3 Å². The van der Waals surface area contributed by atoms with Crippen LogP contribution in [0, 0.1) is 0 Å². The highest BCUT2D eigenvalue weighted by molar-refractivity contribution is 7.61. The van der Waals surface area contributed by atoms with Crippen LogP contribution in [0.4, 0.5) is 0 Å². The molecular formula is C16H19O5P. The number of methoxy groups -OCH3 is 1. The first-order valence-corrected chi connectivity index (χ1v) is 8.50. The van der Waals surface area contributed by atoms with E-state index < -0.39 is 7.60 Å². The van der Waals surface area contributed by atoms with Crippen molar-refractivity contribution in [3.8, 4) is 11.5 Å². The first-order valence-electron chi connectivity index (χ1n) is 6.92. The monoisotopic (exact) mass is 322 g/mol. The lowest BCUT2D eigenvalue weighted by Gasteiger charge is -2.16. The van der Waals surface area contributed by atoms with Crippen molar-refractivity contribution in [3.05, 3.63) is 54.6 Å². The van der Waals surface area contributed by atoms with Crippen LogP contribution >= 0.6 is 7.60 Å². The highest BCUT2D eigenvalue weighted by Crippen LogP contribution is 2.44. The van der Waals surface area contributed by atoms with Gasteiger partial charge in [-0.2, -0.15) is 0 Å². The van der Waals surface area contributed by atoms with Gasteiger partial charge in [0.25, 0.3) is 0 Å². The molecule has 0 saturated carbocycles. The van der Waals surface area contributed by atoms with Crippen molar-refractivity contribution in [2.24, 2.45) is 0 Å². The molecule has 2 aromatic carbocycles. The Morgan fingerprint density at radius 1 is 1.00 bits per heavy atom. The second kappa shape index (κ2) is 8.11. The summed E-state index contributed by atoms with van der Waals surface area (Å²) in [5.74, 6) is 0.903. The van der Waals surface area contributed by atoms with Gasteiger partial charge in [-0.15, -0.1) is 0 Å². The fraction of sp³-hybridized carbons (Fsp3) is 0.250. The van der Waals surface area contributed by atoms with Crippen molar-refractivity contribution in [2.75, 3.05) is 20.3 Å². The summed E-state index contributed by atoms with van der Waals surface area (Å²) in [5, 5.41) is 0.149. The fourth-order valence-corrected chi connectivity index (χ4v) is 3.04. The van der Waals surface area contributed by atoms with E-state index >= 15 is 0 Å². The normalized spacial score (nSPS) is 13.5. The lowest BCUT2D eigenvalue weighted by Crippen LogP contribution is -2.11. The molecule has 0 spiro atoms. The number of para-hydroxylation sites is 2. The Morgan fingerprint density at radius 2 is 1.68 bits per heavy atom. The van der Waals surface area contributed by atoms with Gasteiger partial charge in [0, 0.05) is 13.7 Å². The average molecular weight is 322 g/mol. The molecular weight excluding hydrogens is 303 g/mol. The molecule has 0 radical (unpaired) electrons. The zero-order valence-electron chi connectivity index (χ0n) is 12.3. The summed E-state index contributed by atoms with van der Waals surface area (Å²) in [6.07, 6.45) is 0.544. The predicted molar refractivity (Wildman–Crippen MR) is 84.9 cm³/mol. The third kappa shape index (κ3) is 4.68. The molecule has 0 aliphatic rings. The molecule has 6 heteroatoms. The van der Waals surface area contributed by atoms with Gasteiger partial charge in [0.1, 0.15) is 16.8 Å². The van der Waals surface area contributed by atoms with Crippen molar-refractivity contribution >= 4 is 12.9 Å². The summed E-state index contributed by atoms with van der Waals surface area (Å²) in [7, 11) is -2.37. The number of benzene rings is 2. The molecule has 0 fully saturated rings. The van der Waals surface area contributed by atoms with Crippen LogP contribution in [-0.4, -0.2) is 25.2 Å². The minimum absolute atomic E-state index is 0.140. The molecule has 1 atom stereocenters. The zero-order chi connectivity index (χ0) is 15.8. The molecule has 118 valence electrons. The van der Waals surface area contributed by atoms with Crippen LogP contribution in [0.25, 0.3) is 0 Å². The summed E-state index contributed by atoms with van der Waals surface area (Å²) >= 11 is 0. The molecule has 2 aromatic rings. The Labute approximate surface area is 130 Å². The van der Waals surface area contributed by atoms with E-state index in [2.05, 4.69) is 0 Å². The second-order valence-electron chi connectivity index (χ2n) is 4.58. The predicted octanol–water partition coefficient (Wildman–Crippen LogP) is 3.34. The highest BCUT2D eigenvalue weighted by Gasteiger charge is 2.27. The zero-order valence-corrected chi connectivity index (χ0v) is 13.2. The fourth-order valence-electron chi connectivity index (χ4n) is 1.85. The SMILES string of the molecule is COCCCOP(=O)(O)c1ccccc1Oc1ccccc1. The smallest absolute Gasteiger partial charge is 0.362 e. The summed E-state index contributed by atoms with van der Waals surface area (Å²) in [6.45, 7) is 0.615. The van der Waals surface area contributed by atoms with Crippen molar-refractivity contribution in [1.29, 1.82) is 0 Å². The van der Waals surface area contributed by atoms with Gasteiger partial charge in [-0.3, -0.25) is 4.57 Å². The molecule has 22 heavy (non-hydrogen) atoms. The summed E-state index contributed by atoms with van der Waals surface area (Å²) in [6, 6.07) is 15.7. The molecule has 0 bridgehead atoms. The number of rotatable bonds is 8. The number of hydrogen-bond acceptors (Lipinski definition) is 4. The van der Waals surface area contributed by atoms with E-state index in [-0.39, 0.29) is 11.9 Å². The number of ether oxygens (including phenoxy) is 2. The van der Waals surface area contributed by atoms with Crippen LogP contribution in [0.3, 0.4) is 0 Å². The van der Waals surface area contributed by atoms with E-state index in [1.807, 2.05) is 18.2 Å². The maximum atomic E-state index is 12.4. The Morgan fingerprint density at radius 3 is 2.41 bits per heavy atom. The van der Waals surface area contributed by atoms with Crippen molar-refractivity contribution in [1.82, 2.24) is 0 Å². The lowest BCUT2D eigenvalue weighted by molar-refractivity contribution is 0.167. The first kappa shape index (κ1) is 16.7. The molecule has 1 unspecified atom stereocenters. The topological polar surface area (TPSA) is 65.0 Å². The Hall–Kier alpha value is -1.65. The average Bonchev–Trinajstić information content (AvgIpc) is 2.53. The van der Waals surface area contributed by atoms with E-state index in [4.69, 9.17) is 14.0 Å². The third-order valence-electron chi connectivity index (χ3n) is 2.90. The summed E-state index contributed by atoms with van der Waals surface area (Å²) in [5.41, 5.74) is 0. The van der Waals surface area contributed by atoms with Gasteiger partial charge in [0.05, 0.1) is 6.61 Å². The largest absolute Gasteiger partial charge is 0.456 e. The highest BCUT2D eigenvalue weighted by atomic mass is 31.2. The van der Waals surface area contributed by atoms with Gasteiger partial charge in [-0.05, 0) is 30.7 Å². The molecule has 0 saturated heterocycles. The third-order valence-corrected chi connectivity index (χ3v) is 4.41. The quantitative estimate of drug-likeness (QED) is 0.596. The van der Waals surface area contributed by atoms with Gasteiger partial charge < -0.3 is 18.9 Å². The van der Waals surface area contributed by atoms with Crippen molar-refractivity contribution < 1.29 is 23.5 Å². The minimum atomic E-state index is -3.94. The van der Waals surface area contributed by atoms with E-state index in [1.54, 1.807) is 37.4 Å². The van der Waals surface area contributed by atoms with Crippen LogP contribution in [0.15, 0.2) is 54.6 Å².